The van der Waals surface area contributed by atoms with Crippen molar-refractivity contribution in [2.45, 2.75) is 31.9 Å². The van der Waals surface area contributed by atoms with Crippen LogP contribution in [-0.2, 0) is 16.1 Å². The van der Waals surface area contributed by atoms with E-state index >= 15 is 0 Å². The van der Waals surface area contributed by atoms with Gasteiger partial charge in [-0.25, -0.2) is 0 Å². The Bertz CT molecular complexity index is 306. The Hall–Kier alpha value is -0.870. The van der Waals surface area contributed by atoms with E-state index in [9.17, 15) is 4.79 Å². The number of hydrogen-bond acceptors (Lipinski definition) is 4. The lowest BCUT2D eigenvalue weighted by Gasteiger charge is -2.03. The summed E-state index contributed by atoms with van der Waals surface area (Å²) in [6.07, 6.45) is 2.98. The molecular weight excluding hydrogens is 210 g/mol. The van der Waals surface area contributed by atoms with Gasteiger partial charge in [0.1, 0.15) is 6.61 Å². The minimum atomic E-state index is -0.114. The molecule has 3 nitrogen and oxygen atoms in total. The van der Waals surface area contributed by atoms with Crippen molar-refractivity contribution in [3.8, 4) is 0 Å². The van der Waals surface area contributed by atoms with Gasteiger partial charge in [-0.2, -0.15) is 0 Å². The third-order valence-corrected chi connectivity index (χ3v) is 3.14. The Morgan fingerprint density at radius 2 is 2.47 bits per heavy atom. The van der Waals surface area contributed by atoms with Crippen LogP contribution in [0.4, 0.5) is 0 Å². The molecule has 1 saturated carbocycles. The number of thiophene rings is 1. The number of carbonyl (C=O) groups is 1. The van der Waals surface area contributed by atoms with E-state index in [1.54, 1.807) is 11.3 Å². The molecule has 0 saturated heterocycles. The quantitative estimate of drug-likeness (QED) is 0.752. The highest BCUT2D eigenvalue weighted by Crippen LogP contribution is 2.18. The smallest absolute Gasteiger partial charge is 0.307 e. The molecule has 0 unspecified atom stereocenters. The van der Waals surface area contributed by atoms with E-state index < -0.39 is 0 Å². The molecule has 1 aromatic rings. The normalized spacial score (nSPS) is 15.2. The van der Waals surface area contributed by atoms with Crippen molar-refractivity contribution < 1.29 is 9.53 Å². The summed E-state index contributed by atoms with van der Waals surface area (Å²) in [5, 5.41) is 5.27. The zero-order chi connectivity index (χ0) is 10.5. The first kappa shape index (κ1) is 10.6. The van der Waals surface area contributed by atoms with Crippen LogP contribution in [0.1, 0.15) is 24.1 Å². The van der Waals surface area contributed by atoms with Crippen molar-refractivity contribution >= 4 is 17.3 Å². The van der Waals surface area contributed by atoms with E-state index in [0.29, 0.717) is 19.1 Å². The summed E-state index contributed by atoms with van der Waals surface area (Å²) < 4.78 is 5.12. The average molecular weight is 225 g/mol. The third kappa shape index (κ3) is 4.01. The first-order chi connectivity index (χ1) is 7.34. The summed E-state index contributed by atoms with van der Waals surface area (Å²) in [6, 6.07) is 4.60. The van der Waals surface area contributed by atoms with Gasteiger partial charge < -0.3 is 10.1 Å². The molecule has 0 amide bonds. The topological polar surface area (TPSA) is 38.3 Å². The van der Waals surface area contributed by atoms with Gasteiger partial charge in [0.15, 0.2) is 0 Å². The summed E-state index contributed by atoms with van der Waals surface area (Å²) in [6.45, 7) is 1.16. The van der Waals surface area contributed by atoms with Gasteiger partial charge in [0, 0.05) is 17.5 Å². The van der Waals surface area contributed by atoms with Crippen LogP contribution in [0, 0.1) is 0 Å². The maximum Gasteiger partial charge on any atom is 0.307 e. The summed E-state index contributed by atoms with van der Waals surface area (Å²) in [4.78, 5) is 12.4. The average Bonchev–Trinajstić information content (AvgIpc) is 2.91. The molecule has 0 spiro atoms. The van der Waals surface area contributed by atoms with Crippen LogP contribution in [0.15, 0.2) is 17.5 Å². The van der Waals surface area contributed by atoms with Gasteiger partial charge in [-0.3, -0.25) is 4.79 Å². The Morgan fingerprint density at radius 1 is 1.60 bits per heavy atom. The van der Waals surface area contributed by atoms with E-state index in [-0.39, 0.29) is 5.97 Å². The number of hydrogen-bond donors (Lipinski definition) is 1. The van der Waals surface area contributed by atoms with Gasteiger partial charge in [0.25, 0.3) is 0 Å². The molecule has 1 N–H and O–H groups in total. The largest absolute Gasteiger partial charge is 0.460 e. The Morgan fingerprint density at radius 3 is 3.13 bits per heavy atom. The van der Waals surface area contributed by atoms with Gasteiger partial charge in [-0.05, 0) is 24.3 Å². The highest BCUT2D eigenvalue weighted by molar-refractivity contribution is 7.09. The second-order valence-electron chi connectivity index (χ2n) is 3.72. The van der Waals surface area contributed by atoms with E-state index in [1.165, 1.54) is 12.8 Å². The Labute approximate surface area is 93.4 Å². The summed E-state index contributed by atoms with van der Waals surface area (Å²) in [5.41, 5.74) is 0. The lowest BCUT2D eigenvalue weighted by molar-refractivity contribution is -0.144. The second kappa shape index (κ2) is 5.28. The highest BCUT2D eigenvalue weighted by Gasteiger charge is 2.20. The minimum Gasteiger partial charge on any atom is -0.460 e. The predicted octanol–water partition coefficient (Wildman–Crippen LogP) is 1.93. The van der Waals surface area contributed by atoms with Gasteiger partial charge in [-0.15, -0.1) is 11.3 Å². The highest BCUT2D eigenvalue weighted by atomic mass is 32.1. The van der Waals surface area contributed by atoms with E-state index in [4.69, 9.17) is 4.74 Å². The van der Waals surface area contributed by atoms with E-state index in [2.05, 4.69) is 5.32 Å². The van der Waals surface area contributed by atoms with Crippen molar-refractivity contribution in [3.05, 3.63) is 22.4 Å². The van der Waals surface area contributed by atoms with Crippen molar-refractivity contribution in [2.24, 2.45) is 0 Å². The van der Waals surface area contributed by atoms with Crippen molar-refractivity contribution in [3.63, 3.8) is 0 Å². The van der Waals surface area contributed by atoms with Crippen LogP contribution in [0.3, 0.4) is 0 Å². The van der Waals surface area contributed by atoms with E-state index in [0.717, 1.165) is 11.4 Å². The van der Waals surface area contributed by atoms with E-state index in [1.807, 2.05) is 17.5 Å². The molecule has 1 heterocycles. The van der Waals surface area contributed by atoms with Crippen LogP contribution in [-0.4, -0.2) is 18.6 Å². The maximum absolute atomic E-state index is 11.3. The monoisotopic (exact) mass is 225 g/mol. The van der Waals surface area contributed by atoms with Crippen molar-refractivity contribution in [1.82, 2.24) is 5.32 Å². The number of esters is 1. The first-order valence-electron chi connectivity index (χ1n) is 5.26. The fourth-order valence-electron chi connectivity index (χ4n) is 1.28. The number of ether oxygens (including phenoxy) is 1. The zero-order valence-electron chi connectivity index (χ0n) is 8.57. The predicted molar refractivity (Wildman–Crippen MR) is 59.8 cm³/mol. The molecule has 0 aromatic carbocycles. The number of nitrogens with one attached hydrogen (secondary N) is 1. The minimum absolute atomic E-state index is 0.114. The third-order valence-electron chi connectivity index (χ3n) is 2.30. The molecule has 0 bridgehead atoms. The molecule has 0 atom stereocenters. The van der Waals surface area contributed by atoms with Gasteiger partial charge in [0.05, 0.1) is 6.42 Å². The number of carbonyl (C=O) groups excluding carboxylic acids is 1. The summed E-state index contributed by atoms with van der Waals surface area (Å²) in [7, 11) is 0. The van der Waals surface area contributed by atoms with Crippen LogP contribution >= 0.6 is 11.3 Å². The molecule has 15 heavy (non-hydrogen) atoms. The molecule has 2 rings (SSSR count). The van der Waals surface area contributed by atoms with Crippen LogP contribution < -0.4 is 5.32 Å². The van der Waals surface area contributed by atoms with Gasteiger partial charge in [0.2, 0.25) is 0 Å². The van der Waals surface area contributed by atoms with Gasteiger partial charge in [-0.1, -0.05) is 6.07 Å². The standard InChI is InChI=1S/C11H15NO2S/c13-11(5-6-12-9-3-4-9)14-8-10-2-1-7-15-10/h1-2,7,9,12H,3-6,8H2. The molecule has 4 heteroatoms. The van der Waals surface area contributed by atoms with Crippen LogP contribution in [0.25, 0.3) is 0 Å². The fraction of sp³-hybridized carbons (Fsp3) is 0.545. The van der Waals surface area contributed by atoms with Crippen LogP contribution in [0.5, 0.6) is 0 Å². The Balaban J connectivity index is 1.55. The lowest BCUT2D eigenvalue weighted by Crippen LogP contribution is -2.21. The van der Waals surface area contributed by atoms with Crippen molar-refractivity contribution in [1.29, 1.82) is 0 Å². The lowest BCUT2D eigenvalue weighted by atomic mass is 10.4. The zero-order valence-corrected chi connectivity index (χ0v) is 9.39. The maximum atomic E-state index is 11.3. The fourth-order valence-corrected chi connectivity index (χ4v) is 1.90. The SMILES string of the molecule is O=C(CCNC1CC1)OCc1cccs1. The first-order valence-corrected chi connectivity index (χ1v) is 6.14. The molecule has 1 aliphatic rings. The van der Waals surface area contributed by atoms with Gasteiger partial charge >= 0.3 is 5.97 Å². The molecule has 1 fully saturated rings. The molecule has 82 valence electrons. The second-order valence-corrected chi connectivity index (χ2v) is 4.75. The molecule has 0 radical (unpaired) electrons. The summed E-state index contributed by atoms with van der Waals surface area (Å²) in [5.74, 6) is -0.114. The summed E-state index contributed by atoms with van der Waals surface area (Å²) >= 11 is 1.61. The molecule has 1 aromatic heterocycles. The number of rotatable bonds is 6. The van der Waals surface area contributed by atoms with Crippen LogP contribution in [0.2, 0.25) is 0 Å². The Kier molecular flexibility index (Phi) is 3.75. The molecular formula is C11H15NO2S. The van der Waals surface area contributed by atoms with Crippen molar-refractivity contribution in [2.75, 3.05) is 6.54 Å². The molecule has 1 aliphatic carbocycles. The molecule has 0 aliphatic heterocycles.